The highest BCUT2D eigenvalue weighted by atomic mass is 32.2. The molecule has 1 aliphatic rings. The predicted octanol–water partition coefficient (Wildman–Crippen LogP) is 3.63. The molecular formula is C21H25NO4S. The summed E-state index contributed by atoms with van der Waals surface area (Å²) in [5, 5.41) is 0. The van der Waals surface area contributed by atoms with Gasteiger partial charge in [0.25, 0.3) is 0 Å². The first-order chi connectivity index (χ1) is 12.8. The second-order valence-electron chi connectivity index (χ2n) is 7.27. The standard InChI is InChI=1S/C21H25NO4S/c1-16(2)18-7-5-17(6-8-18)14-22(19-11-13-27(24,25)15-19)21(23)10-9-20-4-3-12-26-20/h3-10,12,16,19H,11,13-15H2,1-2H3/b10-9+/t19-/m0/s1. The van der Waals surface area contributed by atoms with Crippen LogP contribution in [0.25, 0.3) is 6.08 Å². The molecule has 6 heteroatoms. The number of furan rings is 1. The Morgan fingerprint density at radius 3 is 2.56 bits per heavy atom. The summed E-state index contributed by atoms with van der Waals surface area (Å²) < 4.78 is 29.1. The first-order valence-corrected chi connectivity index (χ1v) is 11.0. The van der Waals surface area contributed by atoms with Gasteiger partial charge in [-0.15, -0.1) is 0 Å². The van der Waals surface area contributed by atoms with Crippen LogP contribution in [-0.4, -0.2) is 36.8 Å². The zero-order chi connectivity index (χ0) is 19.4. The van der Waals surface area contributed by atoms with Crippen LogP contribution in [0.2, 0.25) is 0 Å². The van der Waals surface area contributed by atoms with E-state index in [2.05, 4.69) is 26.0 Å². The number of rotatable bonds is 6. The lowest BCUT2D eigenvalue weighted by Gasteiger charge is -2.27. The molecule has 1 aromatic heterocycles. The van der Waals surface area contributed by atoms with Crippen molar-refractivity contribution >= 4 is 21.8 Å². The molecule has 0 bridgehead atoms. The summed E-state index contributed by atoms with van der Waals surface area (Å²) in [6, 6.07) is 11.4. The maximum absolute atomic E-state index is 12.8. The van der Waals surface area contributed by atoms with Crippen molar-refractivity contribution in [2.24, 2.45) is 0 Å². The molecular weight excluding hydrogens is 362 g/mol. The SMILES string of the molecule is CC(C)c1ccc(CN(C(=O)/C=C/c2ccco2)[C@H]2CCS(=O)(=O)C2)cc1. The minimum absolute atomic E-state index is 0.0252. The van der Waals surface area contributed by atoms with Crippen LogP contribution in [0, 0.1) is 0 Å². The van der Waals surface area contributed by atoms with Crippen molar-refractivity contribution in [1.82, 2.24) is 4.90 Å². The number of benzene rings is 1. The van der Waals surface area contributed by atoms with E-state index >= 15 is 0 Å². The molecule has 1 amide bonds. The van der Waals surface area contributed by atoms with Crippen molar-refractivity contribution in [3.63, 3.8) is 0 Å². The fourth-order valence-electron chi connectivity index (χ4n) is 3.25. The molecule has 144 valence electrons. The van der Waals surface area contributed by atoms with Gasteiger partial charge in [0.15, 0.2) is 9.84 Å². The smallest absolute Gasteiger partial charge is 0.247 e. The number of sulfone groups is 1. The maximum Gasteiger partial charge on any atom is 0.247 e. The highest BCUT2D eigenvalue weighted by Gasteiger charge is 2.34. The molecule has 1 atom stereocenters. The highest BCUT2D eigenvalue weighted by Crippen LogP contribution is 2.22. The highest BCUT2D eigenvalue weighted by molar-refractivity contribution is 7.91. The van der Waals surface area contributed by atoms with Gasteiger partial charge in [-0.3, -0.25) is 4.79 Å². The Labute approximate surface area is 160 Å². The molecule has 5 nitrogen and oxygen atoms in total. The minimum atomic E-state index is -3.08. The van der Waals surface area contributed by atoms with Gasteiger partial charge >= 0.3 is 0 Å². The van der Waals surface area contributed by atoms with Crippen LogP contribution in [0.5, 0.6) is 0 Å². The fraction of sp³-hybridized carbons (Fsp3) is 0.381. The zero-order valence-electron chi connectivity index (χ0n) is 15.7. The molecule has 1 fully saturated rings. The lowest BCUT2D eigenvalue weighted by Crippen LogP contribution is -2.39. The van der Waals surface area contributed by atoms with E-state index in [9.17, 15) is 13.2 Å². The van der Waals surface area contributed by atoms with Crippen molar-refractivity contribution in [2.45, 2.75) is 38.8 Å². The third-order valence-corrected chi connectivity index (χ3v) is 6.62. The number of carbonyl (C=O) groups excluding carboxylic acids is 1. The first-order valence-electron chi connectivity index (χ1n) is 9.15. The molecule has 27 heavy (non-hydrogen) atoms. The lowest BCUT2D eigenvalue weighted by atomic mass is 10.0. The van der Waals surface area contributed by atoms with Crippen LogP contribution in [0.1, 0.15) is 43.1 Å². The summed E-state index contributed by atoms with van der Waals surface area (Å²) in [6.07, 6.45) is 5.08. The van der Waals surface area contributed by atoms with E-state index in [1.807, 2.05) is 12.1 Å². The molecule has 0 radical (unpaired) electrons. The molecule has 1 aliphatic heterocycles. The third kappa shape index (κ3) is 5.10. The summed E-state index contributed by atoms with van der Waals surface area (Å²) in [5.74, 6) is 0.977. The first kappa shape index (κ1) is 19.4. The van der Waals surface area contributed by atoms with Crippen LogP contribution in [-0.2, 0) is 21.2 Å². The van der Waals surface area contributed by atoms with Crippen molar-refractivity contribution in [1.29, 1.82) is 0 Å². The molecule has 2 aromatic rings. The Hall–Kier alpha value is -2.34. The lowest BCUT2D eigenvalue weighted by molar-refractivity contribution is -0.128. The Morgan fingerprint density at radius 2 is 2.00 bits per heavy atom. The number of hydrogen-bond donors (Lipinski definition) is 0. The molecule has 0 aliphatic carbocycles. The Morgan fingerprint density at radius 1 is 1.26 bits per heavy atom. The molecule has 0 N–H and O–H groups in total. The molecule has 0 spiro atoms. The second kappa shape index (κ2) is 8.13. The van der Waals surface area contributed by atoms with E-state index in [0.717, 1.165) is 5.56 Å². The van der Waals surface area contributed by atoms with Crippen molar-refractivity contribution in [2.75, 3.05) is 11.5 Å². The Bertz CT molecular complexity index is 896. The monoisotopic (exact) mass is 387 g/mol. The van der Waals surface area contributed by atoms with Crippen LogP contribution >= 0.6 is 0 Å². The minimum Gasteiger partial charge on any atom is -0.465 e. The van der Waals surface area contributed by atoms with Crippen LogP contribution in [0.4, 0.5) is 0 Å². The average Bonchev–Trinajstić information content (AvgIpc) is 3.27. The van der Waals surface area contributed by atoms with Gasteiger partial charge in [-0.1, -0.05) is 38.1 Å². The number of nitrogens with zero attached hydrogens (tertiary/aromatic N) is 1. The van der Waals surface area contributed by atoms with Crippen molar-refractivity contribution in [3.8, 4) is 0 Å². The molecule has 0 saturated carbocycles. The third-order valence-electron chi connectivity index (χ3n) is 4.86. The van der Waals surface area contributed by atoms with E-state index in [0.29, 0.717) is 24.6 Å². The van der Waals surface area contributed by atoms with E-state index in [4.69, 9.17) is 4.42 Å². The van der Waals surface area contributed by atoms with Gasteiger partial charge in [-0.2, -0.15) is 0 Å². The van der Waals surface area contributed by atoms with E-state index in [1.54, 1.807) is 29.4 Å². The summed E-state index contributed by atoms with van der Waals surface area (Å²) in [6.45, 7) is 4.65. The van der Waals surface area contributed by atoms with E-state index in [1.165, 1.54) is 11.6 Å². The van der Waals surface area contributed by atoms with Gasteiger partial charge < -0.3 is 9.32 Å². The summed E-state index contributed by atoms with van der Waals surface area (Å²) in [4.78, 5) is 14.5. The van der Waals surface area contributed by atoms with Crippen molar-refractivity contribution < 1.29 is 17.6 Å². The molecule has 3 rings (SSSR count). The Balaban J connectivity index is 1.80. The Kier molecular flexibility index (Phi) is 5.85. The summed E-state index contributed by atoms with van der Waals surface area (Å²) in [7, 11) is -3.08. The molecule has 2 heterocycles. The van der Waals surface area contributed by atoms with E-state index in [-0.39, 0.29) is 23.5 Å². The van der Waals surface area contributed by atoms with E-state index < -0.39 is 9.84 Å². The second-order valence-corrected chi connectivity index (χ2v) is 9.50. The maximum atomic E-state index is 12.8. The molecule has 0 unspecified atom stereocenters. The predicted molar refractivity (Wildman–Crippen MR) is 106 cm³/mol. The topological polar surface area (TPSA) is 67.6 Å². The van der Waals surface area contributed by atoms with Crippen LogP contribution in [0.3, 0.4) is 0 Å². The quantitative estimate of drug-likeness (QED) is 0.710. The summed E-state index contributed by atoms with van der Waals surface area (Å²) in [5.41, 5.74) is 2.22. The largest absolute Gasteiger partial charge is 0.465 e. The number of carbonyl (C=O) groups is 1. The van der Waals surface area contributed by atoms with Gasteiger partial charge in [0.2, 0.25) is 5.91 Å². The fourth-order valence-corrected chi connectivity index (χ4v) is 4.98. The van der Waals surface area contributed by atoms with Crippen LogP contribution in [0.15, 0.2) is 53.2 Å². The average molecular weight is 388 g/mol. The van der Waals surface area contributed by atoms with Gasteiger partial charge in [0.05, 0.1) is 17.8 Å². The van der Waals surface area contributed by atoms with Crippen molar-refractivity contribution in [3.05, 3.63) is 65.6 Å². The van der Waals surface area contributed by atoms with Gasteiger partial charge in [0, 0.05) is 18.7 Å². The molecule has 1 aromatic carbocycles. The van der Waals surface area contributed by atoms with Gasteiger partial charge in [-0.05, 0) is 41.7 Å². The molecule has 1 saturated heterocycles. The van der Waals surface area contributed by atoms with Gasteiger partial charge in [0.1, 0.15) is 5.76 Å². The normalized spacial score (nSPS) is 19.0. The summed E-state index contributed by atoms with van der Waals surface area (Å²) >= 11 is 0. The van der Waals surface area contributed by atoms with Gasteiger partial charge in [-0.25, -0.2) is 8.42 Å². The number of amides is 1. The van der Waals surface area contributed by atoms with Crippen LogP contribution < -0.4 is 0 Å². The number of hydrogen-bond acceptors (Lipinski definition) is 4. The zero-order valence-corrected chi connectivity index (χ0v) is 16.5.